The van der Waals surface area contributed by atoms with E-state index in [1.807, 2.05) is 0 Å². The van der Waals surface area contributed by atoms with Crippen LogP contribution in [0.1, 0.15) is 44.9 Å². The number of hydrogen-bond acceptors (Lipinski definition) is 3. The second-order valence-corrected chi connectivity index (χ2v) is 5.25. The smallest absolute Gasteiger partial charge is 0.238 e. The van der Waals surface area contributed by atoms with E-state index in [1.165, 1.54) is 32.1 Å². The number of nitrogens with one attached hydrogen (secondary N) is 1. The first-order valence-corrected chi connectivity index (χ1v) is 6.72. The van der Waals surface area contributed by atoms with Gasteiger partial charge in [0, 0.05) is 6.54 Å². The van der Waals surface area contributed by atoms with Gasteiger partial charge in [-0.25, -0.2) is 0 Å². The van der Waals surface area contributed by atoms with Gasteiger partial charge in [0.1, 0.15) is 6.42 Å². The van der Waals surface area contributed by atoms with Crippen molar-refractivity contribution in [3.63, 3.8) is 0 Å². The van der Waals surface area contributed by atoms with E-state index in [2.05, 4.69) is 5.32 Å². The number of carbonyl (C=O) groups is 2. The molecule has 17 heavy (non-hydrogen) atoms. The maximum atomic E-state index is 11.7. The van der Waals surface area contributed by atoms with Crippen LogP contribution >= 0.6 is 12.2 Å². The van der Waals surface area contributed by atoms with Crippen molar-refractivity contribution in [1.82, 2.24) is 10.2 Å². The Morgan fingerprint density at radius 2 is 1.94 bits per heavy atom. The minimum absolute atomic E-state index is 0.0647. The molecule has 1 aliphatic heterocycles. The van der Waals surface area contributed by atoms with Gasteiger partial charge in [-0.3, -0.25) is 14.5 Å². The van der Waals surface area contributed by atoms with E-state index in [-0.39, 0.29) is 23.3 Å². The Morgan fingerprint density at radius 1 is 1.24 bits per heavy atom. The van der Waals surface area contributed by atoms with Crippen LogP contribution < -0.4 is 5.32 Å². The Kier molecular flexibility index (Phi) is 4.10. The molecule has 2 fully saturated rings. The van der Waals surface area contributed by atoms with Crippen molar-refractivity contribution in [3.8, 4) is 0 Å². The molecule has 1 heterocycles. The van der Waals surface area contributed by atoms with Gasteiger partial charge in [-0.05, 0) is 24.6 Å². The van der Waals surface area contributed by atoms with E-state index in [9.17, 15) is 9.59 Å². The molecule has 0 aromatic heterocycles. The van der Waals surface area contributed by atoms with Crippen LogP contribution in [0, 0.1) is 5.92 Å². The predicted octanol–water partition coefficient (Wildman–Crippen LogP) is 1.59. The number of hydrogen-bond donors (Lipinski definition) is 1. The normalized spacial score (nSPS) is 22.8. The van der Waals surface area contributed by atoms with Gasteiger partial charge in [0.2, 0.25) is 11.8 Å². The van der Waals surface area contributed by atoms with Crippen LogP contribution in [-0.2, 0) is 9.59 Å². The molecule has 0 spiro atoms. The maximum absolute atomic E-state index is 11.7. The van der Waals surface area contributed by atoms with Crippen LogP contribution in [0.4, 0.5) is 0 Å². The lowest BCUT2D eigenvalue weighted by molar-refractivity contribution is -0.135. The fourth-order valence-corrected chi connectivity index (χ4v) is 2.90. The number of thiocarbonyl (C=S) groups is 1. The molecular weight excluding hydrogens is 236 g/mol. The van der Waals surface area contributed by atoms with Gasteiger partial charge >= 0.3 is 0 Å². The second-order valence-electron chi connectivity index (χ2n) is 4.87. The molecule has 0 unspecified atom stereocenters. The first-order chi connectivity index (χ1) is 8.16. The molecule has 1 aliphatic carbocycles. The van der Waals surface area contributed by atoms with Crippen molar-refractivity contribution >= 4 is 29.1 Å². The fourth-order valence-electron chi connectivity index (χ4n) is 2.59. The summed E-state index contributed by atoms with van der Waals surface area (Å²) >= 11 is 5.02. The molecule has 0 aromatic rings. The molecule has 1 N–H and O–H groups in total. The third-order valence-electron chi connectivity index (χ3n) is 3.59. The van der Waals surface area contributed by atoms with Gasteiger partial charge in [-0.15, -0.1) is 0 Å². The van der Waals surface area contributed by atoms with Gasteiger partial charge in [0.25, 0.3) is 0 Å². The predicted molar refractivity (Wildman–Crippen MR) is 68.3 cm³/mol. The van der Waals surface area contributed by atoms with Crippen LogP contribution in [0.3, 0.4) is 0 Å². The quantitative estimate of drug-likeness (QED) is 0.614. The molecule has 4 nitrogen and oxygen atoms in total. The molecule has 0 radical (unpaired) electrons. The highest BCUT2D eigenvalue weighted by Crippen LogP contribution is 2.26. The first kappa shape index (κ1) is 12.5. The average molecular weight is 254 g/mol. The topological polar surface area (TPSA) is 49.4 Å². The highest BCUT2D eigenvalue weighted by Gasteiger charge is 2.28. The summed E-state index contributed by atoms with van der Waals surface area (Å²) in [7, 11) is 0. The molecule has 0 atom stereocenters. The highest BCUT2D eigenvalue weighted by atomic mass is 32.1. The minimum atomic E-state index is -0.283. The Labute approximate surface area is 107 Å². The van der Waals surface area contributed by atoms with Crippen LogP contribution in [-0.4, -0.2) is 28.4 Å². The van der Waals surface area contributed by atoms with Gasteiger partial charge in [0.05, 0.1) is 0 Å². The highest BCUT2D eigenvalue weighted by molar-refractivity contribution is 7.80. The van der Waals surface area contributed by atoms with Gasteiger partial charge in [-0.1, -0.05) is 32.1 Å². The lowest BCUT2D eigenvalue weighted by atomic mass is 9.87. The third kappa shape index (κ3) is 3.25. The van der Waals surface area contributed by atoms with E-state index >= 15 is 0 Å². The standard InChI is InChI=1S/C12H18N2O2S/c15-10-8-11(16)14(12(17)13-10)7-6-9-4-2-1-3-5-9/h9H,1-8H2,(H,13,15,17). The molecule has 94 valence electrons. The summed E-state index contributed by atoms with van der Waals surface area (Å²) in [6.45, 7) is 0.655. The van der Waals surface area contributed by atoms with Crippen molar-refractivity contribution in [1.29, 1.82) is 0 Å². The SMILES string of the molecule is O=C1CC(=O)N(CCC2CCCCC2)C(=S)N1. The van der Waals surface area contributed by atoms with Gasteiger partial charge in [0.15, 0.2) is 5.11 Å². The third-order valence-corrected chi connectivity index (χ3v) is 3.91. The Bertz CT molecular complexity index is 317. The largest absolute Gasteiger partial charge is 0.302 e. The summed E-state index contributed by atoms with van der Waals surface area (Å²) in [4.78, 5) is 24.3. The number of carbonyl (C=O) groups excluding carboxylic acids is 2. The number of rotatable bonds is 3. The summed E-state index contributed by atoms with van der Waals surface area (Å²) < 4.78 is 0. The molecule has 1 saturated carbocycles. The number of nitrogens with zero attached hydrogens (tertiary/aromatic N) is 1. The fraction of sp³-hybridized carbons (Fsp3) is 0.750. The molecule has 1 saturated heterocycles. The summed E-state index contributed by atoms with van der Waals surface area (Å²) in [6, 6.07) is 0. The van der Waals surface area contributed by atoms with Crippen LogP contribution in [0.5, 0.6) is 0 Å². The zero-order valence-electron chi connectivity index (χ0n) is 9.91. The molecule has 2 aliphatic rings. The van der Waals surface area contributed by atoms with Crippen molar-refractivity contribution < 1.29 is 9.59 Å². The number of amides is 2. The van der Waals surface area contributed by atoms with Gasteiger partial charge in [-0.2, -0.15) is 0 Å². The molecular formula is C12H18N2O2S. The lowest BCUT2D eigenvalue weighted by Crippen LogP contribution is -2.52. The van der Waals surface area contributed by atoms with Crippen molar-refractivity contribution in [3.05, 3.63) is 0 Å². The monoisotopic (exact) mass is 254 g/mol. The minimum Gasteiger partial charge on any atom is -0.302 e. The Hall–Kier alpha value is -0.970. The van der Waals surface area contributed by atoms with Crippen molar-refractivity contribution in [2.24, 2.45) is 5.92 Å². The zero-order chi connectivity index (χ0) is 12.3. The summed E-state index contributed by atoms with van der Waals surface area (Å²) in [5.41, 5.74) is 0. The van der Waals surface area contributed by atoms with E-state index in [0.717, 1.165) is 12.3 Å². The second kappa shape index (κ2) is 5.58. The molecule has 0 aromatic carbocycles. The average Bonchev–Trinajstić information content (AvgIpc) is 2.29. The lowest BCUT2D eigenvalue weighted by Gasteiger charge is -2.29. The Balaban J connectivity index is 1.83. The van der Waals surface area contributed by atoms with E-state index in [1.54, 1.807) is 4.90 Å². The first-order valence-electron chi connectivity index (χ1n) is 6.31. The van der Waals surface area contributed by atoms with Crippen molar-refractivity contribution in [2.45, 2.75) is 44.9 Å². The van der Waals surface area contributed by atoms with E-state index < -0.39 is 0 Å². The molecule has 2 amide bonds. The molecule has 2 rings (SSSR count). The maximum Gasteiger partial charge on any atom is 0.238 e. The van der Waals surface area contributed by atoms with Crippen LogP contribution in [0.2, 0.25) is 0 Å². The summed E-state index contributed by atoms with van der Waals surface area (Å²) in [6.07, 6.45) is 7.42. The van der Waals surface area contributed by atoms with Crippen LogP contribution in [0.15, 0.2) is 0 Å². The Morgan fingerprint density at radius 3 is 2.59 bits per heavy atom. The van der Waals surface area contributed by atoms with Crippen molar-refractivity contribution in [2.75, 3.05) is 6.54 Å². The molecule has 5 heteroatoms. The van der Waals surface area contributed by atoms with E-state index in [0.29, 0.717) is 6.54 Å². The summed E-state index contributed by atoms with van der Waals surface area (Å²) in [5.74, 6) is 0.278. The van der Waals surface area contributed by atoms with Crippen LogP contribution in [0.25, 0.3) is 0 Å². The summed E-state index contributed by atoms with van der Waals surface area (Å²) in [5, 5.41) is 2.82. The van der Waals surface area contributed by atoms with Gasteiger partial charge < -0.3 is 5.32 Å². The van der Waals surface area contributed by atoms with E-state index in [4.69, 9.17) is 12.2 Å². The molecule has 0 bridgehead atoms. The zero-order valence-corrected chi connectivity index (χ0v) is 10.7.